The lowest BCUT2D eigenvalue weighted by atomic mass is 9.95. The third-order valence-electron chi connectivity index (χ3n) is 3.74. The molecule has 1 unspecified atom stereocenters. The van der Waals surface area contributed by atoms with Crippen molar-refractivity contribution in [3.05, 3.63) is 15.5 Å². The van der Waals surface area contributed by atoms with Gasteiger partial charge in [-0.3, -0.25) is 0 Å². The van der Waals surface area contributed by atoms with Crippen molar-refractivity contribution in [3.8, 4) is 0 Å². The number of carbonyl (C=O) groups excluding carboxylic acids is 2. The van der Waals surface area contributed by atoms with Gasteiger partial charge in [-0.05, 0) is 77.0 Å². The van der Waals surface area contributed by atoms with E-state index in [0.717, 1.165) is 22.1 Å². The number of amides is 1. The fourth-order valence-electron chi connectivity index (χ4n) is 2.74. The third kappa shape index (κ3) is 5.85. The molecule has 0 N–H and O–H groups in total. The molecule has 0 bridgehead atoms. The Labute approximate surface area is 168 Å². The standard InChI is InChI=1S/C18H28IN3O4/c1-17(2,3)25-15(23)21-9-7-8-12(10-21)14-13(19)11-22(20-14)16(24)26-18(4,5)6/h11-12H,7-10H2,1-6H3. The molecule has 1 aliphatic rings. The Kier molecular flexibility index (Phi) is 6.24. The van der Waals surface area contributed by atoms with Crippen LogP contribution in [0.25, 0.3) is 0 Å². The monoisotopic (exact) mass is 477 g/mol. The lowest BCUT2D eigenvalue weighted by Crippen LogP contribution is -2.42. The number of aromatic nitrogens is 2. The lowest BCUT2D eigenvalue weighted by molar-refractivity contribution is 0.0195. The highest BCUT2D eigenvalue weighted by atomic mass is 127. The molecule has 1 atom stereocenters. The van der Waals surface area contributed by atoms with Gasteiger partial charge in [0.1, 0.15) is 11.2 Å². The number of carbonyl (C=O) groups is 2. The number of halogens is 1. The Balaban J connectivity index is 2.11. The molecular formula is C18H28IN3O4. The van der Waals surface area contributed by atoms with Crippen molar-refractivity contribution < 1.29 is 19.1 Å². The summed E-state index contributed by atoms with van der Waals surface area (Å²) in [5, 5.41) is 4.44. The molecule has 8 heteroatoms. The molecule has 0 spiro atoms. The quantitative estimate of drug-likeness (QED) is 0.562. The van der Waals surface area contributed by atoms with Gasteiger partial charge in [0.25, 0.3) is 0 Å². The lowest BCUT2D eigenvalue weighted by Gasteiger charge is -2.33. The topological polar surface area (TPSA) is 73.7 Å². The molecule has 0 saturated carbocycles. The highest BCUT2D eigenvalue weighted by Crippen LogP contribution is 2.30. The zero-order valence-electron chi connectivity index (χ0n) is 16.3. The van der Waals surface area contributed by atoms with E-state index in [0.29, 0.717) is 13.1 Å². The molecule has 2 heterocycles. The van der Waals surface area contributed by atoms with E-state index in [1.807, 2.05) is 41.5 Å². The summed E-state index contributed by atoms with van der Waals surface area (Å²) in [7, 11) is 0. The van der Waals surface area contributed by atoms with Gasteiger partial charge in [-0.15, -0.1) is 0 Å². The molecule has 1 amide bonds. The summed E-state index contributed by atoms with van der Waals surface area (Å²) >= 11 is 2.17. The van der Waals surface area contributed by atoms with E-state index in [1.165, 1.54) is 4.68 Å². The minimum atomic E-state index is -0.576. The van der Waals surface area contributed by atoms with Gasteiger partial charge >= 0.3 is 12.2 Å². The fraction of sp³-hybridized carbons (Fsp3) is 0.722. The molecule has 146 valence electrons. The molecule has 0 aromatic carbocycles. The summed E-state index contributed by atoms with van der Waals surface area (Å²) < 4.78 is 13.0. The van der Waals surface area contributed by atoms with Crippen LogP contribution in [-0.2, 0) is 9.47 Å². The fourth-order valence-corrected chi connectivity index (χ4v) is 3.55. The Morgan fingerprint density at radius 2 is 1.69 bits per heavy atom. The van der Waals surface area contributed by atoms with Crippen molar-refractivity contribution >= 4 is 34.8 Å². The average Bonchev–Trinajstić information content (AvgIpc) is 2.86. The van der Waals surface area contributed by atoms with Crippen LogP contribution in [-0.4, -0.2) is 51.2 Å². The average molecular weight is 477 g/mol. The summed E-state index contributed by atoms with van der Waals surface area (Å²) in [5.41, 5.74) is -0.270. The summed E-state index contributed by atoms with van der Waals surface area (Å²) in [5.74, 6) is 0.0758. The van der Waals surface area contributed by atoms with Gasteiger partial charge in [-0.25, -0.2) is 9.59 Å². The number of nitrogens with zero attached hydrogens (tertiary/aromatic N) is 3. The number of rotatable bonds is 1. The van der Waals surface area contributed by atoms with E-state index in [2.05, 4.69) is 27.7 Å². The number of likely N-dealkylation sites (tertiary alicyclic amines) is 1. The van der Waals surface area contributed by atoms with Gasteiger partial charge in [-0.2, -0.15) is 9.78 Å². The Hall–Kier alpha value is -1.32. The molecule has 0 aliphatic carbocycles. The van der Waals surface area contributed by atoms with Gasteiger partial charge < -0.3 is 14.4 Å². The Morgan fingerprint density at radius 1 is 1.12 bits per heavy atom. The molecular weight excluding hydrogens is 449 g/mol. The van der Waals surface area contributed by atoms with Gasteiger partial charge in [-0.1, -0.05) is 0 Å². The van der Waals surface area contributed by atoms with Gasteiger partial charge in [0, 0.05) is 19.0 Å². The van der Waals surface area contributed by atoms with Crippen LogP contribution in [0.15, 0.2) is 6.20 Å². The van der Waals surface area contributed by atoms with Crippen LogP contribution < -0.4 is 0 Å². The molecule has 0 radical (unpaired) electrons. The van der Waals surface area contributed by atoms with Crippen LogP contribution in [0.4, 0.5) is 9.59 Å². The highest BCUT2D eigenvalue weighted by molar-refractivity contribution is 14.1. The van der Waals surface area contributed by atoms with Crippen LogP contribution in [0.3, 0.4) is 0 Å². The Morgan fingerprint density at radius 3 is 2.27 bits per heavy atom. The molecule has 1 fully saturated rings. The van der Waals surface area contributed by atoms with Gasteiger partial charge in [0.15, 0.2) is 0 Å². The van der Waals surface area contributed by atoms with Crippen LogP contribution >= 0.6 is 22.6 Å². The number of hydrogen-bond donors (Lipinski definition) is 0. The molecule has 2 rings (SSSR count). The second kappa shape index (κ2) is 7.74. The predicted octanol–water partition coefficient (Wildman–Crippen LogP) is 4.39. The second-order valence-electron chi connectivity index (χ2n) is 8.55. The summed E-state index contributed by atoms with van der Waals surface area (Å²) in [4.78, 5) is 26.3. The second-order valence-corrected chi connectivity index (χ2v) is 9.71. The number of hydrogen-bond acceptors (Lipinski definition) is 5. The number of ether oxygens (including phenoxy) is 2. The van der Waals surface area contributed by atoms with E-state index >= 15 is 0 Å². The van der Waals surface area contributed by atoms with Crippen molar-refractivity contribution in [1.29, 1.82) is 0 Å². The van der Waals surface area contributed by atoms with E-state index in [-0.39, 0.29) is 12.0 Å². The SMILES string of the molecule is CC(C)(C)OC(=O)N1CCCC(c2nn(C(=O)OC(C)(C)C)cc2I)C1. The van der Waals surface area contributed by atoms with Crippen LogP contribution in [0.2, 0.25) is 0 Å². The van der Waals surface area contributed by atoms with Crippen LogP contribution in [0.1, 0.15) is 66.0 Å². The van der Waals surface area contributed by atoms with E-state index in [1.54, 1.807) is 11.1 Å². The number of piperidine rings is 1. The molecule has 1 aromatic heterocycles. The zero-order chi connectivity index (χ0) is 19.7. The van der Waals surface area contributed by atoms with E-state index in [4.69, 9.17) is 9.47 Å². The predicted molar refractivity (Wildman–Crippen MR) is 106 cm³/mol. The summed E-state index contributed by atoms with van der Waals surface area (Å²) in [6.07, 6.45) is 2.67. The maximum atomic E-state index is 12.3. The van der Waals surface area contributed by atoms with Crippen molar-refractivity contribution in [2.45, 2.75) is 71.5 Å². The molecule has 7 nitrogen and oxygen atoms in total. The molecule has 1 saturated heterocycles. The van der Waals surface area contributed by atoms with Crippen LogP contribution in [0, 0.1) is 3.57 Å². The first-order valence-corrected chi connectivity index (χ1v) is 9.90. The molecule has 1 aromatic rings. The first kappa shape index (κ1) is 21.0. The van der Waals surface area contributed by atoms with Gasteiger partial charge in [0.2, 0.25) is 0 Å². The molecule has 1 aliphatic heterocycles. The smallest absolute Gasteiger partial charge is 0.435 e. The van der Waals surface area contributed by atoms with E-state index < -0.39 is 17.3 Å². The summed E-state index contributed by atoms with van der Waals surface area (Å²) in [6.45, 7) is 12.2. The summed E-state index contributed by atoms with van der Waals surface area (Å²) in [6, 6.07) is 0. The first-order chi connectivity index (χ1) is 11.9. The molecule has 26 heavy (non-hydrogen) atoms. The van der Waals surface area contributed by atoms with Crippen molar-refractivity contribution in [3.63, 3.8) is 0 Å². The first-order valence-electron chi connectivity index (χ1n) is 8.82. The highest BCUT2D eigenvalue weighted by Gasteiger charge is 2.31. The maximum absolute atomic E-state index is 12.3. The van der Waals surface area contributed by atoms with E-state index in [9.17, 15) is 9.59 Å². The largest absolute Gasteiger partial charge is 0.444 e. The van der Waals surface area contributed by atoms with Crippen LogP contribution in [0.5, 0.6) is 0 Å². The zero-order valence-corrected chi connectivity index (χ0v) is 18.5. The maximum Gasteiger partial charge on any atom is 0.435 e. The van der Waals surface area contributed by atoms with Crippen molar-refractivity contribution in [2.75, 3.05) is 13.1 Å². The minimum absolute atomic E-state index is 0.0758. The third-order valence-corrected chi connectivity index (χ3v) is 4.57. The van der Waals surface area contributed by atoms with Crippen molar-refractivity contribution in [2.24, 2.45) is 0 Å². The normalized spacial score (nSPS) is 18.6. The van der Waals surface area contributed by atoms with Crippen molar-refractivity contribution in [1.82, 2.24) is 14.7 Å². The Bertz CT molecular complexity index is 673. The minimum Gasteiger partial charge on any atom is -0.444 e. The van der Waals surface area contributed by atoms with Gasteiger partial charge in [0.05, 0.1) is 15.5 Å².